The normalized spacial score (nSPS) is 14.6. The molecule has 1 aliphatic heterocycles. The average Bonchev–Trinajstić information content (AvgIpc) is 2.92. The summed E-state index contributed by atoms with van der Waals surface area (Å²) in [6.07, 6.45) is 0.774. The third-order valence-electron chi connectivity index (χ3n) is 4.42. The number of carbonyl (C=O) groups is 1. The number of hydrogen-bond donors (Lipinski definition) is 1. The van der Waals surface area contributed by atoms with Crippen LogP contribution >= 0.6 is 0 Å². The number of methoxy groups -OCH3 is 1. The summed E-state index contributed by atoms with van der Waals surface area (Å²) in [4.78, 5) is 12.5. The number of ether oxygens (including phenoxy) is 3. The Labute approximate surface area is 164 Å². The van der Waals surface area contributed by atoms with Crippen LogP contribution in [-0.2, 0) is 20.4 Å². The van der Waals surface area contributed by atoms with E-state index in [1.807, 2.05) is 0 Å². The van der Waals surface area contributed by atoms with Crippen molar-refractivity contribution in [2.24, 2.45) is 0 Å². The van der Waals surface area contributed by atoms with Crippen LogP contribution in [0, 0.1) is 0 Å². The number of fused-ring (bicyclic) bond motifs is 1. The zero-order valence-corrected chi connectivity index (χ0v) is 16.6. The number of amides is 1. The first-order valence-corrected chi connectivity index (χ1v) is 10.7. The van der Waals surface area contributed by atoms with Crippen molar-refractivity contribution in [3.8, 4) is 17.2 Å². The molecule has 1 N–H and O–H groups in total. The van der Waals surface area contributed by atoms with Gasteiger partial charge in [-0.25, -0.2) is 8.42 Å². The summed E-state index contributed by atoms with van der Waals surface area (Å²) in [6, 6.07) is 11.8. The van der Waals surface area contributed by atoms with Crippen LogP contribution in [0.5, 0.6) is 17.2 Å². The number of carbonyl (C=O) groups excluding carboxylic acids is 1. The van der Waals surface area contributed by atoms with Gasteiger partial charge in [-0.15, -0.1) is 0 Å². The summed E-state index contributed by atoms with van der Waals surface area (Å²) >= 11 is 0. The summed E-state index contributed by atoms with van der Waals surface area (Å²) in [5.41, 5.74) is 1.02. The van der Waals surface area contributed by atoms with Crippen LogP contribution < -0.4 is 19.5 Å². The van der Waals surface area contributed by atoms with Gasteiger partial charge >= 0.3 is 0 Å². The van der Waals surface area contributed by atoms with Crippen LogP contribution in [0.25, 0.3) is 0 Å². The zero-order valence-electron chi connectivity index (χ0n) is 15.8. The van der Waals surface area contributed by atoms with E-state index in [9.17, 15) is 13.2 Å². The number of nitrogens with one attached hydrogen (secondary N) is 1. The molecule has 7 nitrogen and oxygen atoms in total. The second kappa shape index (κ2) is 8.52. The second-order valence-corrected chi connectivity index (χ2v) is 8.82. The smallest absolute Gasteiger partial charge is 0.242 e. The molecule has 0 bridgehead atoms. The van der Waals surface area contributed by atoms with Gasteiger partial charge in [-0.05, 0) is 36.8 Å². The van der Waals surface area contributed by atoms with Gasteiger partial charge < -0.3 is 19.5 Å². The van der Waals surface area contributed by atoms with Crippen molar-refractivity contribution in [3.05, 3.63) is 48.0 Å². The fraction of sp³-hybridized carbons (Fsp3) is 0.350. The Balaban J connectivity index is 1.70. The van der Waals surface area contributed by atoms with Crippen molar-refractivity contribution < 1.29 is 27.4 Å². The van der Waals surface area contributed by atoms with Gasteiger partial charge in [0, 0.05) is 18.2 Å². The molecule has 0 unspecified atom stereocenters. The maximum absolute atomic E-state index is 12.7. The standard InChI is InChI=1S/C20H23NO6S/c1-14(28(23,24)13-15-5-3-6-17(11-15)25-2)20(22)21-16-7-8-18-19(12-16)27-10-4-9-26-18/h3,5-8,11-12,14H,4,9-10,13H2,1-2H3,(H,21,22)/t14-/m0/s1. The number of benzene rings is 2. The molecule has 3 rings (SSSR count). The van der Waals surface area contributed by atoms with E-state index < -0.39 is 21.0 Å². The first-order chi connectivity index (χ1) is 13.4. The highest BCUT2D eigenvalue weighted by Gasteiger charge is 2.28. The highest BCUT2D eigenvalue weighted by atomic mass is 32.2. The summed E-state index contributed by atoms with van der Waals surface area (Å²) < 4.78 is 41.6. The summed E-state index contributed by atoms with van der Waals surface area (Å²) in [5.74, 6) is 0.852. The fourth-order valence-electron chi connectivity index (χ4n) is 2.77. The molecule has 0 saturated heterocycles. The molecular formula is C20H23NO6S. The van der Waals surface area contributed by atoms with Crippen LogP contribution in [0.2, 0.25) is 0 Å². The monoisotopic (exact) mass is 405 g/mol. The van der Waals surface area contributed by atoms with Crippen LogP contribution in [0.3, 0.4) is 0 Å². The van der Waals surface area contributed by atoms with Gasteiger partial charge in [0.15, 0.2) is 21.3 Å². The van der Waals surface area contributed by atoms with E-state index in [1.54, 1.807) is 42.5 Å². The SMILES string of the molecule is COc1cccc(CS(=O)(=O)[C@@H](C)C(=O)Nc2ccc3c(c2)OCCCO3)c1. The Morgan fingerprint density at radius 1 is 1.14 bits per heavy atom. The lowest BCUT2D eigenvalue weighted by Crippen LogP contribution is -2.33. The Morgan fingerprint density at radius 2 is 1.89 bits per heavy atom. The number of anilines is 1. The fourth-order valence-corrected chi connectivity index (χ4v) is 4.05. The van der Waals surface area contributed by atoms with Crippen molar-refractivity contribution >= 4 is 21.4 Å². The molecule has 0 aromatic heterocycles. The molecule has 28 heavy (non-hydrogen) atoms. The van der Waals surface area contributed by atoms with Gasteiger partial charge in [0.25, 0.3) is 0 Å². The minimum absolute atomic E-state index is 0.250. The lowest BCUT2D eigenvalue weighted by Gasteiger charge is -2.15. The van der Waals surface area contributed by atoms with Gasteiger partial charge in [0.2, 0.25) is 5.91 Å². The predicted molar refractivity (Wildman–Crippen MR) is 106 cm³/mol. The summed E-state index contributed by atoms with van der Waals surface area (Å²) in [7, 11) is -2.19. The molecule has 0 spiro atoms. The number of hydrogen-bond acceptors (Lipinski definition) is 6. The van der Waals surface area contributed by atoms with Gasteiger partial charge in [0.05, 0.1) is 26.1 Å². The molecule has 1 amide bonds. The molecular weight excluding hydrogens is 382 g/mol. The Morgan fingerprint density at radius 3 is 2.64 bits per heavy atom. The summed E-state index contributed by atoms with van der Waals surface area (Å²) in [6.45, 7) is 2.47. The Hall–Kier alpha value is -2.74. The first-order valence-electron chi connectivity index (χ1n) is 8.94. The highest BCUT2D eigenvalue weighted by molar-refractivity contribution is 7.92. The van der Waals surface area contributed by atoms with Crippen molar-refractivity contribution in [2.75, 3.05) is 25.6 Å². The number of sulfone groups is 1. The summed E-state index contributed by atoms with van der Waals surface area (Å²) in [5, 5.41) is 1.44. The van der Waals surface area contributed by atoms with Gasteiger partial charge in [-0.3, -0.25) is 4.79 Å². The maximum atomic E-state index is 12.7. The quantitative estimate of drug-likeness (QED) is 0.795. The van der Waals surface area contributed by atoms with E-state index in [2.05, 4.69) is 5.32 Å². The first kappa shape index (κ1) is 20.0. The van der Waals surface area contributed by atoms with E-state index in [4.69, 9.17) is 14.2 Å². The minimum atomic E-state index is -3.70. The molecule has 0 fully saturated rings. The Bertz CT molecular complexity index is 957. The van der Waals surface area contributed by atoms with E-state index >= 15 is 0 Å². The van der Waals surface area contributed by atoms with E-state index in [-0.39, 0.29) is 5.75 Å². The minimum Gasteiger partial charge on any atom is -0.497 e. The van der Waals surface area contributed by atoms with Crippen molar-refractivity contribution in [2.45, 2.75) is 24.3 Å². The molecule has 2 aromatic rings. The molecule has 1 aliphatic rings. The Kier molecular flexibility index (Phi) is 6.08. The lowest BCUT2D eigenvalue weighted by molar-refractivity contribution is -0.115. The average molecular weight is 405 g/mol. The largest absolute Gasteiger partial charge is 0.497 e. The molecule has 1 atom stereocenters. The molecule has 1 heterocycles. The third-order valence-corrected chi connectivity index (χ3v) is 6.45. The van der Waals surface area contributed by atoms with Crippen LogP contribution in [0.15, 0.2) is 42.5 Å². The van der Waals surface area contributed by atoms with Gasteiger partial charge in [-0.1, -0.05) is 12.1 Å². The molecule has 150 valence electrons. The van der Waals surface area contributed by atoms with E-state index in [0.29, 0.717) is 41.7 Å². The van der Waals surface area contributed by atoms with Crippen LogP contribution in [0.4, 0.5) is 5.69 Å². The molecule has 0 saturated carbocycles. The van der Waals surface area contributed by atoms with Crippen LogP contribution in [-0.4, -0.2) is 39.9 Å². The van der Waals surface area contributed by atoms with E-state index in [0.717, 1.165) is 6.42 Å². The van der Waals surface area contributed by atoms with Crippen molar-refractivity contribution in [1.29, 1.82) is 0 Å². The second-order valence-electron chi connectivity index (χ2n) is 6.50. The van der Waals surface area contributed by atoms with Crippen molar-refractivity contribution in [1.82, 2.24) is 0 Å². The maximum Gasteiger partial charge on any atom is 0.242 e. The zero-order chi connectivity index (χ0) is 20.1. The molecule has 0 aliphatic carbocycles. The number of rotatable bonds is 6. The van der Waals surface area contributed by atoms with E-state index in [1.165, 1.54) is 14.0 Å². The van der Waals surface area contributed by atoms with Crippen molar-refractivity contribution in [3.63, 3.8) is 0 Å². The highest BCUT2D eigenvalue weighted by Crippen LogP contribution is 2.32. The topological polar surface area (TPSA) is 90.9 Å². The van der Waals surface area contributed by atoms with Gasteiger partial charge in [-0.2, -0.15) is 0 Å². The molecule has 8 heteroatoms. The van der Waals surface area contributed by atoms with Crippen LogP contribution in [0.1, 0.15) is 18.9 Å². The molecule has 0 radical (unpaired) electrons. The third kappa shape index (κ3) is 4.75. The van der Waals surface area contributed by atoms with Gasteiger partial charge in [0.1, 0.15) is 11.0 Å². The lowest BCUT2D eigenvalue weighted by atomic mass is 10.2. The molecule has 2 aromatic carbocycles. The predicted octanol–water partition coefficient (Wildman–Crippen LogP) is 2.80.